The maximum absolute atomic E-state index is 2.88. The van der Waals surface area contributed by atoms with Crippen molar-refractivity contribution in [3.05, 3.63) is 119 Å². The second kappa shape index (κ2) is 56.8. The standard InChI is InChI=1S/C23H35N.C13H10.C5H13N.C5H6.5C3H8.3C2H6.4CH4/c1-7-17-9-18(8-2)11-19(10-17)12-24-16(6)15(5)22-20-13(3)14(4)21(20)23(22)24;1-3-7-12-10(5-1)9-11-6-2-4-8-13(11)12;1-4-6(3)5-2;1-2-4-5-3-1;5*1-3-2;3*1-2;;;;/h9-11,13-16,20-23H,7-8,12H2,1-6H3;1-8H,9H2;4-5H2,1-3H3;1-4H,5H2;5*3H2,1-2H3;3*1-2H3;4*1H4/t13-,14+,15+,16-,20-,21+,22-,23?;;;;;;;;;;;;;;;/m0.............../s1. The van der Waals surface area contributed by atoms with Gasteiger partial charge in [-0.2, -0.15) is 0 Å². The van der Waals surface area contributed by atoms with E-state index in [0.717, 1.165) is 92.9 Å². The fourth-order valence-corrected chi connectivity index (χ4v) is 9.24. The molecule has 1 heterocycles. The average Bonchev–Trinajstić information content (AvgIpc) is 4.12. The predicted molar refractivity (Wildman–Crippen MR) is 349 cm³/mol. The Kier molecular flexibility index (Phi) is 67.5. The van der Waals surface area contributed by atoms with Gasteiger partial charge in [-0.3, -0.25) is 4.90 Å². The van der Waals surface area contributed by atoms with Crippen LogP contribution in [0, 0.1) is 35.5 Å². The van der Waals surface area contributed by atoms with Gasteiger partial charge in [0.1, 0.15) is 0 Å². The van der Waals surface area contributed by atoms with Crippen LogP contribution in [0.4, 0.5) is 0 Å². The normalized spacial score (nSPS) is 20.1. The van der Waals surface area contributed by atoms with E-state index in [0.29, 0.717) is 0 Å². The van der Waals surface area contributed by atoms with Gasteiger partial charge >= 0.3 is 0 Å². The van der Waals surface area contributed by atoms with Gasteiger partial charge in [0, 0.05) is 18.6 Å². The Balaban J connectivity index is -0.000000123. The summed E-state index contributed by atoms with van der Waals surface area (Å²) in [7, 11) is 2.11. The van der Waals surface area contributed by atoms with Crippen molar-refractivity contribution >= 4 is 0 Å². The monoisotopic (exact) mass is 1020 g/mol. The van der Waals surface area contributed by atoms with E-state index in [9.17, 15) is 0 Å². The van der Waals surface area contributed by atoms with Crippen molar-refractivity contribution in [2.45, 2.75) is 272 Å². The van der Waals surface area contributed by atoms with Crippen LogP contribution < -0.4 is 0 Å². The van der Waals surface area contributed by atoms with Crippen LogP contribution in [0.25, 0.3) is 11.1 Å². The van der Waals surface area contributed by atoms with Crippen molar-refractivity contribution in [3.63, 3.8) is 0 Å². The molecule has 0 bridgehead atoms. The number of aryl methyl sites for hydroxylation is 2. The van der Waals surface area contributed by atoms with Crippen LogP contribution in [0.5, 0.6) is 0 Å². The molecule has 8 atom stereocenters. The SMILES string of the molecule is C.C.C.C.C1=CCC=C1.CC.CC.CC.CCC.CCC.CCC.CCC.CCC.CCN(C)CC.CCc1cc(CC)cc(CN2C3[C@@H]4[C@H](C)[C@H](C)[C@@H]4[C@@H]3[C@H](C)[C@@H]2C)c1.c1ccc2c(c1)Cc1ccccc1-2. The smallest absolute Gasteiger partial charge is 0.0240 e. The second-order valence-electron chi connectivity index (χ2n) is 18.7. The van der Waals surface area contributed by atoms with E-state index in [1.807, 2.05) is 41.5 Å². The lowest BCUT2D eigenvalue weighted by Crippen LogP contribution is -2.68. The molecule has 73 heavy (non-hydrogen) atoms. The molecule has 1 unspecified atom stereocenters. The van der Waals surface area contributed by atoms with Crippen LogP contribution in [0.2, 0.25) is 0 Å². The molecule has 1 saturated heterocycles. The Morgan fingerprint density at radius 1 is 0.452 bits per heavy atom. The highest BCUT2D eigenvalue weighted by Crippen LogP contribution is 2.68. The Bertz CT molecular complexity index is 1530. The van der Waals surface area contributed by atoms with Gasteiger partial charge < -0.3 is 4.90 Å². The summed E-state index contributed by atoms with van der Waals surface area (Å²) in [6, 6.07) is 26.2. The van der Waals surface area contributed by atoms with Crippen molar-refractivity contribution in [2.24, 2.45) is 35.5 Å². The van der Waals surface area contributed by atoms with Gasteiger partial charge in [0.2, 0.25) is 0 Å². The quantitative estimate of drug-likeness (QED) is 0.190. The number of nitrogens with zero attached hydrogens (tertiary/aromatic N) is 2. The highest BCUT2D eigenvalue weighted by Gasteiger charge is 2.69. The van der Waals surface area contributed by atoms with E-state index in [2.05, 4.69) is 233 Å². The first-order chi connectivity index (χ1) is 33.3. The first-order valence-electron chi connectivity index (χ1n) is 29.3. The lowest BCUT2D eigenvalue weighted by molar-refractivity contribution is -0.185. The molecule has 432 valence electrons. The predicted octanol–water partition coefficient (Wildman–Crippen LogP) is 23.6. The fraction of sp³-hybridized carbons (Fsp3) is 0.690. The number of allylic oxidation sites excluding steroid dienone is 4. The number of fused-ring (bicyclic) bond motifs is 7. The van der Waals surface area contributed by atoms with Crippen molar-refractivity contribution < 1.29 is 0 Å². The molecule has 0 N–H and O–H groups in total. The molecular formula is C71H138N2. The summed E-state index contributed by atoms with van der Waals surface area (Å²) in [5.41, 5.74) is 10.3. The highest BCUT2D eigenvalue weighted by molar-refractivity contribution is 5.76. The molecule has 0 spiro atoms. The summed E-state index contributed by atoms with van der Waals surface area (Å²) in [6.45, 7) is 55.6. The van der Waals surface area contributed by atoms with Gasteiger partial charge in [0.25, 0.3) is 0 Å². The number of hydrogen-bond donors (Lipinski definition) is 0. The van der Waals surface area contributed by atoms with E-state index in [4.69, 9.17) is 0 Å². The zero-order valence-electron chi connectivity index (χ0n) is 51.2. The fourth-order valence-electron chi connectivity index (χ4n) is 9.24. The third-order valence-electron chi connectivity index (χ3n) is 12.7. The molecule has 1 aliphatic heterocycles. The van der Waals surface area contributed by atoms with Gasteiger partial charge in [-0.05, 0) is 127 Å². The Labute approximate surface area is 465 Å². The number of rotatable bonds is 6. The van der Waals surface area contributed by atoms with Crippen LogP contribution in [0.1, 0.15) is 262 Å². The van der Waals surface area contributed by atoms with Crippen molar-refractivity contribution in [2.75, 3.05) is 20.1 Å². The van der Waals surface area contributed by atoms with Gasteiger partial charge in [-0.25, -0.2) is 0 Å². The average molecular weight is 1020 g/mol. The second-order valence-corrected chi connectivity index (χ2v) is 18.7. The van der Waals surface area contributed by atoms with Crippen molar-refractivity contribution in [1.82, 2.24) is 9.80 Å². The van der Waals surface area contributed by atoms with Gasteiger partial charge in [0.15, 0.2) is 0 Å². The number of likely N-dealkylation sites (tertiary alicyclic amines) is 1. The van der Waals surface area contributed by atoms with Gasteiger partial charge in [-0.15, -0.1) is 0 Å². The molecule has 3 aromatic carbocycles. The summed E-state index contributed by atoms with van der Waals surface area (Å²) in [4.78, 5) is 5.13. The summed E-state index contributed by atoms with van der Waals surface area (Å²) in [6.07, 6.45) is 19.2. The maximum atomic E-state index is 2.88. The number of benzene rings is 3. The lowest BCUT2D eigenvalue weighted by atomic mass is 9.40. The molecular weight excluding hydrogens is 881 g/mol. The highest BCUT2D eigenvalue weighted by atomic mass is 15.3. The van der Waals surface area contributed by atoms with Crippen molar-refractivity contribution in [1.29, 1.82) is 0 Å². The molecule has 2 heteroatoms. The van der Waals surface area contributed by atoms with E-state index >= 15 is 0 Å². The first kappa shape index (κ1) is 86.8. The van der Waals surface area contributed by atoms with Crippen LogP contribution in [0.3, 0.4) is 0 Å². The molecule has 5 aliphatic rings. The third kappa shape index (κ3) is 31.0. The number of hydrogen-bond acceptors (Lipinski definition) is 2. The molecule has 8 rings (SSSR count). The minimum Gasteiger partial charge on any atom is -0.307 e. The van der Waals surface area contributed by atoms with Crippen molar-refractivity contribution in [3.8, 4) is 11.1 Å². The summed E-state index contributed by atoms with van der Waals surface area (Å²) < 4.78 is 0. The molecule has 2 nitrogen and oxygen atoms in total. The molecule has 0 aromatic heterocycles. The summed E-state index contributed by atoms with van der Waals surface area (Å²) in [5, 5.41) is 0. The van der Waals surface area contributed by atoms with Crippen LogP contribution >= 0.6 is 0 Å². The third-order valence-corrected chi connectivity index (χ3v) is 12.7. The zero-order chi connectivity index (χ0) is 53.9. The van der Waals surface area contributed by atoms with E-state index in [-0.39, 0.29) is 29.7 Å². The molecule has 4 aliphatic carbocycles. The van der Waals surface area contributed by atoms with Gasteiger partial charge in [-0.1, -0.05) is 312 Å². The lowest BCUT2D eigenvalue weighted by Gasteiger charge is -2.67. The first-order valence-corrected chi connectivity index (χ1v) is 29.3. The Morgan fingerprint density at radius 3 is 1.07 bits per heavy atom. The van der Waals surface area contributed by atoms with Crippen LogP contribution in [0.15, 0.2) is 91.0 Å². The Hall–Kier alpha value is -2.94. The molecule has 3 aromatic rings. The summed E-state index contributed by atoms with van der Waals surface area (Å²) >= 11 is 0. The minimum absolute atomic E-state index is 0. The topological polar surface area (TPSA) is 6.48 Å². The van der Waals surface area contributed by atoms with Crippen LogP contribution in [-0.2, 0) is 25.8 Å². The molecule has 3 fully saturated rings. The molecule has 0 amide bonds. The zero-order valence-corrected chi connectivity index (χ0v) is 51.2. The molecule has 0 radical (unpaired) electrons. The van der Waals surface area contributed by atoms with E-state index < -0.39 is 0 Å². The van der Waals surface area contributed by atoms with Crippen LogP contribution in [-0.4, -0.2) is 42.0 Å². The Morgan fingerprint density at radius 2 is 0.767 bits per heavy atom. The minimum atomic E-state index is 0. The maximum Gasteiger partial charge on any atom is 0.0240 e. The largest absolute Gasteiger partial charge is 0.307 e. The van der Waals surface area contributed by atoms with E-state index in [1.54, 1.807) is 5.56 Å². The van der Waals surface area contributed by atoms with E-state index in [1.165, 1.54) is 65.5 Å². The summed E-state index contributed by atoms with van der Waals surface area (Å²) in [5.74, 6) is 5.74. The van der Waals surface area contributed by atoms with Gasteiger partial charge in [0.05, 0.1) is 0 Å². The molecule has 2 saturated carbocycles.